The van der Waals surface area contributed by atoms with Crippen LogP contribution < -0.4 is 19.5 Å². The van der Waals surface area contributed by atoms with E-state index in [4.69, 9.17) is 14.2 Å². The molecule has 1 heterocycles. The van der Waals surface area contributed by atoms with Gasteiger partial charge in [-0.3, -0.25) is 4.79 Å². The Morgan fingerprint density at radius 2 is 1.63 bits per heavy atom. The van der Waals surface area contributed by atoms with E-state index in [2.05, 4.69) is 10.3 Å². The second-order valence-electron chi connectivity index (χ2n) is 5.53. The number of carbonyl (C=O) groups excluding carboxylic acids is 1. The van der Waals surface area contributed by atoms with Gasteiger partial charge in [-0.05, 0) is 42.0 Å². The van der Waals surface area contributed by atoms with Crippen LogP contribution in [0.1, 0.15) is 11.1 Å². The van der Waals surface area contributed by atoms with E-state index in [0.29, 0.717) is 22.8 Å². The summed E-state index contributed by atoms with van der Waals surface area (Å²) >= 11 is 0. The normalized spacial score (nSPS) is 14.8. The minimum atomic E-state index is -1.02. The molecule has 0 unspecified atom stereocenters. The number of hydrogen-bond donors (Lipinski definition) is 1. The van der Waals surface area contributed by atoms with Crippen molar-refractivity contribution in [1.82, 2.24) is 5.32 Å². The average Bonchev–Trinajstić information content (AvgIpc) is 3.03. The molecule has 1 aliphatic heterocycles. The molecule has 0 saturated heterocycles. The molecule has 2 aromatic carbocycles. The number of aliphatic imine (C=N–C) groups is 1. The van der Waals surface area contributed by atoms with E-state index < -0.39 is 17.5 Å². The molecular weight excluding hydrogens is 358 g/mol. The maximum absolute atomic E-state index is 13.4. The summed E-state index contributed by atoms with van der Waals surface area (Å²) in [6.45, 7) is 0. The maximum Gasteiger partial charge on any atom is 0.275 e. The Hall–Kier alpha value is -3.42. The van der Waals surface area contributed by atoms with Crippen molar-refractivity contribution in [3.63, 3.8) is 0 Å². The van der Waals surface area contributed by atoms with Crippen molar-refractivity contribution in [1.29, 1.82) is 0 Å². The van der Waals surface area contributed by atoms with Gasteiger partial charge in [-0.25, -0.2) is 13.8 Å². The number of hydrogen-bond acceptors (Lipinski definition) is 5. The fraction of sp³-hybridized carbons (Fsp3) is 0.158. The van der Waals surface area contributed by atoms with Crippen molar-refractivity contribution < 1.29 is 27.8 Å². The molecule has 6 nitrogen and oxygen atoms in total. The molecule has 3 rings (SSSR count). The van der Waals surface area contributed by atoms with Gasteiger partial charge in [0.25, 0.3) is 5.91 Å². The monoisotopic (exact) mass is 374 g/mol. The molecule has 0 atom stereocenters. The van der Waals surface area contributed by atoms with Crippen molar-refractivity contribution in [2.75, 3.05) is 21.3 Å². The first-order chi connectivity index (χ1) is 13.0. The average molecular weight is 374 g/mol. The van der Waals surface area contributed by atoms with Gasteiger partial charge in [-0.1, -0.05) is 0 Å². The highest BCUT2D eigenvalue weighted by Crippen LogP contribution is 2.38. The van der Waals surface area contributed by atoms with Gasteiger partial charge < -0.3 is 19.5 Å². The molecule has 0 bridgehead atoms. The summed E-state index contributed by atoms with van der Waals surface area (Å²) in [7, 11) is 4.45. The summed E-state index contributed by atoms with van der Waals surface area (Å²) in [6.07, 6.45) is 1.52. The minimum Gasteiger partial charge on any atom is -0.493 e. The topological polar surface area (TPSA) is 69.2 Å². The van der Waals surface area contributed by atoms with Crippen LogP contribution in [-0.4, -0.2) is 33.1 Å². The van der Waals surface area contributed by atoms with Crippen molar-refractivity contribution >= 4 is 17.8 Å². The highest BCUT2D eigenvalue weighted by molar-refractivity contribution is 6.19. The summed E-state index contributed by atoms with van der Waals surface area (Å²) in [5.41, 5.74) is 0.949. The molecule has 0 fully saturated rings. The van der Waals surface area contributed by atoms with E-state index >= 15 is 0 Å². The molecule has 0 aromatic heterocycles. The molecule has 0 spiro atoms. The highest BCUT2D eigenvalue weighted by atomic mass is 19.2. The zero-order chi connectivity index (χ0) is 19.6. The Morgan fingerprint density at radius 3 is 2.19 bits per heavy atom. The third-order valence-electron chi connectivity index (χ3n) is 3.88. The predicted octanol–water partition coefficient (Wildman–Crippen LogP) is 2.91. The van der Waals surface area contributed by atoms with E-state index in [0.717, 1.165) is 12.1 Å². The lowest BCUT2D eigenvalue weighted by Crippen LogP contribution is -2.24. The Morgan fingerprint density at radius 1 is 0.963 bits per heavy atom. The number of rotatable bonds is 5. The number of carbonyl (C=O) groups is 1. The number of nitrogens with one attached hydrogen (secondary N) is 1. The molecular formula is C19H16F2N2O4. The number of nitrogens with zero attached hydrogens (tertiary/aromatic N) is 1. The van der Waals surface area contributed by atoms with Gasteiger partial charge in [0.05, 0.1) is 21.3 Å². The largest absolute Gasteiger partial charge is 0.493 e. The summed E-state index contributed by atoms with van der Waals surface area (Å²) < 4.78 is 42.3. The highest BCUT2D eigenvalue weighted by Gasteiger charge is 2.22. The molecule has 27 heavy (non-hydrogen) atoms. The molecule has 0 aliphatic carbocycles. The second kappa shape index (κ2) is 7.45. The zero-order valence-corrected chi connectivity index (χ0v) is 14.8. The van der Waals surface area contributed by atoms with Crippen LogP contribution in [-0.2, 0) is 4.79 Å². The van der Waals surface area contributed by atoms with Crippen molar-refractivity contribution in [2.24, 2.45) is 4.99 Å². The van der Waals surface area contributed by atoms with Crippen LogP contribution in [0.4, 0.5) is 8.78 Å². The van der Waals surface area contributed by atoms with E-state index in [9.17, 15) is 13.6 Å². The number of benzene rings is 2. The summed E-state index contributed by atoms with van der Waals surface area (Å²) in [5, 5.41) is 2.53. The van der Waals surface area contributed by atoms with Crippen molar-refractivity contribution in [3.8, 4) is 17.2 Å². The van der Waals surface area contributed by atoms with E-state index in [1.807, 2.05) is 0 Å². The lowest BCUT2D eigenvalue weighted by atomic mass is 10.1. The second-order valence-corrected chi connectivity index (χ2v) is 5.53. The number of amidine groups is 1. The van der Waals surface area contributed by atoms with Crippen molar-refractivity contribution in [3.05, 3.63) is 58.8 Å². The minimum absolute atomic E-state index is 0.101. The molecule has 0 saturated carbocycles. The van der Waals surface area contributed by atoms with Crippen molar-refractivity contribution in [2.45, 2.75) is 0 Å². The van der Waals surface area contributed by atoms with Gasteiger partial charge in [0.1, 0.15) is 11.5 Å². The number of amides is 1. The molecule has 1 N–H and O–H groups in total. The van der Waals surface area contributed by atoms with Gasteiger partial charge in [0.2, 0.25) is 5.75 Å². The number of ether oxygens (including phenoxy) is 3. The first-order valence-electron chi connectivity index (χ1n) is 7.84. The maximum atomic E-state index is 13.4. The predicted molar refractivity (Wildman–Crippen MR) is 95.1 cm³/mol. The zero-order valence-electron chi connectivity index (χ0n) is 14.8. The fourth-order valence-electron chi connectivity index (χ4n) is 2.59. The number of methoxy groups -OCH3 is 3. The SMILES string of the molecule is COc1cc(/C=C2/N=C(c3ccc(F)c(F)c3)NC2=O)cc(OC)c1OC. The summed E-state index contributed by atoms with van der Waals surface area (Å²) in [6, 6.07) is 6.59. The van der Waals surface area contributed by atoms with Crippen LogP contribution in [0.3, 0.4) is 0 Å². The van der Waals surface area contributed by atoms with Crippen LogP contribution >= 0.6 is 0 Å². The molecule has 1 aliphatic rings. The third kappa shape index (κ3) is 3.59. The molecule has 8 heteroatoms. The summed E-state index contributed by atoms with van der Waals surface area (Å²) in [5.74, 6) is -1.06. The Bertz CT molecular complexity index is 945. The third-order valence-corrected chi connectivity index (χ3v) is 3.88. The Balaban J connectivity index is 2.00. The van der Waals surface area contributed by atoms with Gasteiger partial charge in [-0.15, -0.1) is 0 Å². The smallest absolute Gasteiger partial charge is 0.275 e. The molecule has 0 radical (unpaired) electrons. The first kappa shape index (κ1) is 18.4. The lowest BCUT2D eigenvalue weighted by Gasteiger charge is -2.12. The molecule has 140 valence electrons. The standard InChI is InChI=1S/C19H16F2N2O4/c1-25-15-7-10(8-16(26-2)17(15)27-3)6-14-19(24)23-18(22-14)11-4-5-12(20)13(21)9-11/h4-9H,1-3H3,(H,22,23,24)/b14-6+. The first-order valence-corrected chi connectivity index (χ1v) is 7.84. The van der Waals surface area contributed by atoms with Gasteiger partial charge in [0.15, 0.2) is 23.1 Å². The van der Waals surface area contributed by atoms with Crippen LogP contribution in [0.5, 0.6) is 17.2 Å². The molecule has 2 aromatic rings. The van der Waals surface area contributed by atoms with Gasteiger partial charge >= 0.3 is 0 Å². The number of halogens is 2. The van der Waals surface area contributed by atoms with Gasteiger partial charge in [-0.2, -0.15) is 0 Å². The van der Waals surface area contributed by atoms with Crippen LogP contribution in [0, 0.1) is 11.6 Å². The summed E-state index contributed by atoms with van der Waals surface area (Å²) in [4.78, 5) is 16.4. The van der Waals surface area contributed by atoms with E-state index in [1.165, 1.54) is 33.5 Å². The Labute approximate surface area is 154 Å². The van der Waals surface area contributed by atoms with E-state index in [-0.39, 0.29) is 17.1 Å². The van der Waals surface area contributed by atoms with E-state index in [1.54, 1.807) is 12.1 Å². The Kier molecular flexibility index (Phi) is 5.07. The fourth-order valence-corrected chi connectivity index (χ4v) is 2.59. The quantitative estimate of drug-likeness (QED) is 0.817. The van der Waals surface area contributed by atoms with Gasteiger partial charge in [0, 0.05) is 5.56 Å². The van der Waals surface area contributed by atoms with Crippen LogP contribution in [0.2, 0.25) is 0 Å². The van der Waals surface area contributed by atoms with Crippen LogP contribution in [0.25, 0.3) is 6.08 Å². The lowest BCUT2D eigenvalue weighted by molar-refractivity contribution is -0.115. The molecule has 1 amide bonds. The van der Waals surface area contributed by atoms with Crippen LogP contribution in [0.15, 0.2) is 41.0 Å².